The highest BCUT2D eigenvalue weighted by atomic mass is 16.6. The summed E-state index contributed by atoms with van der Waals surface area (Å²) in [5, 5.41) is 5.57. The van der Waals surface area contributed by atoms with Gasteiger partial charge in [-0.3, -0.25) is 5.32 Å². The highest BCUT2D eigenvalue weighted by molar-refractivity contribution is 5.88. The number of rotatable bonds is 3. The molecule has 1 saturated heterocycles. The van der Waals surface area contributed by atoms with Crippen LogP contribution in [0.2, 0.25) is 0 Å². The Morgan fingerprint density at radius 3 is 2.76 bits per heavy atom. The number of amides is 3. The molecule has 7 nitrogen and oxygen atoms in total. The van der Waals surface area contributed by atoms with Crippen LogP contribution in [0.5, 0.6) is 0 Å². The highest BCUT2D eigenvalue weighted by Crippen LogP contribution is 2.11. The Kier molecular flexibility index (Phi) is 5.36. The largest absolute Gasteiger partial charge is 0.450 e. The molecule has 0 bridgehead atoms. The van der Waals surface area contributed by atoms with E-state index >= 15 is 0 Å². The zero-order valence-corrected chi connectivity index (χ0v) is 12.0. The standard InChI is InChI=1S/C14H20N4O3/c1-2-21-14(20)18-9-6-11(7-10-18)16-13(19)17-12-5-3-4-8-15-12/h3-5,8,11H,2,6-7,9-10H2,1H3,(H2,15,16,17,19). The number of ether oxygens (including phenoxy) is 1. The van der Waals surface area contributed by atoms with Gasteiger partial charge in [0.15, 0.2) is 0 Å². The van der Waals surface area contributed by atoms with Gasteiger partial charge in [-0.1, -0.05) is 6.07 Å². The van der Waals surface area contributed by atoms with Gasteiger partial charge >= 0.3 is 12.1 Å². The molecule has 2 N–H and O–H groups in total. The number of nitrogens with one attached hydrogen (secondary N) is 2. The van der Waals surface area contributed by atoms with Crippen molar-refractivity contribution in [1.29, 1.82) is 0 Å². The first-order valence-corrected chi connectivity index (χ1v) is 7.09. The molecule has 1 aliphatic heterocycles. The number of hydrogen-bond donors (Lipinski definition) is 2. The molecule has 1 aromatic heterocycles. The first kappa shape index (κ1) is 15.1. The first-order valence-electron chi connectivity index (χ1n) is 7.09. The lowest BCUT2D eigenvalue weighted by atomic mass is 10.1. The number of carbonyl (C=O) groups is 2. The molecule has 1 aliphatic rings. The molecule has 0 aliphatic carbocycles. The molecule has 0 spiro atoms. The minimum atomic E-state index is -0.283. The number of hydrogen-bond acceptors (Lipinski definition) is 4. The minimum Gasteiger partial charge on any atom is -0.450 e. The number of anilines is 1. The molecule has 0 atom stereocenters. The van der Waals surface area contributed by atoms with Gasteiger partial charge in [0.1, 0.15) is 5.82 Å². The summed E-state index contributed by atoms with van der Waals surface area (Å²) in [5.41, 5.74) is 0. The lowest BCUT2D eigenvalue weighted by molar-refractivity contribution is 0.0959. The Labute approximate surface area is 123 Å². The van der Waals surface area contributed by atoms with E-state index in [1.54, 1.807) is 36.2 Å². The van der Waals surface area contributed by atoms with Gasteiger partial charge in [-0.25, -0.2) is 14.6 Å². The van der Waals surface area contributed by atoms with Crippen molar-refractivity contribution in [2.45, 2.75) is 25.8 Å². The molecule has 21 heavy (non-hydrogen) atoms. The van der Waals surface area contributed by atoms with Gasteiger partial charge in [-0.2, -0.15) is 0 Å². The van der Waals surface area contributed by atoms with E-state index in [9.17, 15) is 9.59 Å². The van der Waals surface area contributed by atoms with E-state index in [0.29, 0.717) is 38.4 Å². The van der Waals surface area contributed by atoms with Crippen molar-refractivity contribution >= 4 is 17.9 Å². The molecule has 7 heteroatoms. The number of piperidine rings is 1. The fourth-order valence-corrected chi connectivity index (χ4v) is 2.20. The average molecular weight is 292 g/mol. The van der Waals surface area contributed by atoms with Crippen LogP contribution in [0.3, 0.4) is 0 Å². The van der Waals surface area contributed by atoms with Crippen LogP contribution in [0, 0.1) is 0 Å². The number of aromatic nitrogens is 1. The molecular weight excluding hydrogens is 272 g/mol. The van der Waals surface area contributed by atoms with E-state index in [1.807, 2.05) is 0 Å². The maximum atomic E-state index is 11.8. The second-order valence-corrected chi connectivity index (χ2v) is 4.77. The van der Waals surface area contributed by atoms with Crippen molar-refractivity contribution < 1.29 is 14.3 Å². The first-order chi connectivity index (χ1) is 10.2. The van der Waals surface area contributed by atoms with Gasteiger partial charge < -0.3 is 15.0 Å². The molecule has 2 heterocycles. The van der Waals surface area contributed by atoms with E-state index in [1.165, 1.54) is 0 Å². The van der Waals surface area contributed by atoms with Gasteiger partial charge in [0, 0.05) is 25.3 Å². The van der Waals surface area contributed by atoms with E-state index in [4.69, 9.17) is 4.74 Å². The Morgan fingerprint density at radius 1 is 1.38 bits per heavy atom. The normalized spacial score (nSPS) is 15.4. The third-order valence-electron chi connectivity index (χ3n) is 3.26. The predicted octanol–water partition coefficient (Wildman–Crippen LogP) is 1.82. The van der Waals surface area contributed by atoms with Crippen LogP contribution in [0.4, 0.5) is 15.4 Å². The third-order valence-corrected chi connectivity index (χ3v) is 3.26. The molecule has 1 fully saturated rings. The molecule has 0 saturated carbocycles. The van der Waals surface area contributed by atoms with Crippen molar-refractivity contribution in [3.63, 3.8) is 0 Å². The van der Waals surface area contributed by atoms with Crippen LogP contribution in [-0.2, 0) is 4.74 Å². The Bertz CT molecular complexity index is 472. The van der Waals surface area contributed by atoms with Crippen molar-refractivity contribution in [2.75, 3.05) is 25.0 Å². The van der Waals surface area contributed by atoms with Crippen LogP contribution >= 0.6 is 0 Å². The zero-order valence-electron chi connectivity index (χ0n) is 12.0. The molecule has 114 valence electrons. The number of pyridine rings is 1. The zero-order chi connectivity index (χ0) is 15.1. The topological polar surface area (TPSA) is 83.6 Å². The lowest BCUT2D eigenvalue weighted by Crippen LogP contribution is -2.47. The summed E-state index contributed by atoms with van der Waals surface area (Å²) >= 11 is 0. The maximum Gasteiger partial charge on any atom is 0.409 e. The summed E-state index contributed by atoms with van der Waals surface area (Å²) in [6.07, 6.45) is 2.77. The molecule has 1 aromatic rings. The summed E-state index contributed by atoms with van der Waals surface area (Å²) in [6, 6.07) is 5.10. The molecule has 2 rings (SSSR count). The smallest absolute Gasteiger partial charge is 0.409 e. The van der Waals surface area contributed by atoms with E-state index in [2.05, 4.69) is 15.6 Å². The van der Waals surface area contributed by atoms with Gasteiger partial charge in [-0.15, -0.1) is 0 Å². The molecular formula is C14H20N4O3. The fourth-order valence-electron chi connectivity index (χ4n) is 2.20. The van der Waals surface area contributed by atoms with Crippen molar-refractivity contribution in [3.8, 4) is 0 Å². The summed E-state index contributed by atoms with van der Waals surface area (Å²) in [7, 11) is 0. The SMILES string of the molecule is CCOC(=O)N1CCC(NC(=O)Nc2ccccn2)CC1. The van der Waals surface area contributed by atoms with Gasteiger partial charge in [0.2, 0.25) is 0 Å². The number of carbonyl (C=O) groups excluding carboxylic acids is 2. The summed E-state index contributed by atoms with van der Waals surface area (Å²) in [6.45, 7) is 3.35. The quantitative estimate of drug-likeness (QED) is 0.890. The highest BCUT2D eigenvalue weighted by Gasteiger charge is 2.24. The Balaban J connectivity index is 1.73. The second-order valence-electron chi connectivity index (χ2n) is 4.77. The monoisotopic (exact) mass is 292 g/mol. The van der Waals surface area contributed by atoms with E-state index in [-0.39, 0.29) is 18.2 Å². The summed E-state index contributed by atoms with van der Waals surface area (Å²) < 4.78 is 4.96. The van der Waals surface area contributed by atoms with Crippen molar-refractivity contribution in [3.05, 3.63) is 24.4 Å². The van der Waals surface area contributed by atoms with Crippen molar-refractivity contribution in [1.82, 2.24) is 15.2 Å². The van der Waals surface area contributed by atoms with Crippen LogP contribution in [0.1, 0.15) is 19.8 Å². The minimum absolute atomic E-state index is 0.0550. The van der Waals surface area contributed by atoms with E-state index < -0.39 is 0 Å². The Morgan fingerprint density at radius 2 is 2.14 bits per heavy atom. The van der Waals surface area contributed by atoms with Crippen LogP contribution in [0.25, 0.3) is 0 Å². The van der Waals surface area contributed by atoms with Crippen LogP contribution in [-0.4, -0.2) is 47.7 Å². The van der Waals surface area contributed by atoms with Gasteiger partial charge in [-0.05, 0) is 31.9 Å². The molecule has 0 unspecified atom stereocenters. The number of likely N-dealkylation sites (tertiary alicyclic amines) is 1. The lowest BCUT2D eigenvalue weighted by Gasteiger charge is -2.31. The summed E-state index contributed by atoms with van der Waals surface area (Å²) in [5.74, 6) is 0.513. The molecule has 0 radical (unpaired) electrons. The van der Waals surface area contributed by atoms with E-state index in [0.717, 1.165) is 0 Å². The third kappa shape index (κ3) is 4.62. The molecule has 3 amide bonds. The predicted molar refractivity (Wildman–Crippen MR) is 78.0 cm³/mol. The van der Waals surface area contributed by atoms with Gasteiger partial charge in [0.05, 0.1) is 6.61 Å². The number of urea groups is 1. The summed E-state index contributed by atoms with van der Waals surface area (Å²) in [4.78, 5) is 29.1. The maximum absolute atomic E-state index is 11.8. The number of nitrogens with zero attached hydrogens (tertiary/aromatic N) is 2. The van der Waals surface area contributed by atoms with Gasteiger partial charge in [0.25, 0.3) is 0 Å². The average Bonchev–Trinajstić information content (AvgIpc) is 2.49. The Hall–Kier alpha value is -2.31. The van der Waals surface area contributed by atoms with Crippen LogP contribution in [0.15, 0.2) is 24.4 Å². The molecule has 0 aromatic carbocycles. The van der Waals surface area contributed by atoms with Crippen molar-refractivity contribution in [2.24, 2.45) is 0 Å². The fraction of sp³-hybridized carbons (Fsp3) is 0.500. The second kappa shape index (κ2) is 7.47. The van der Waals surface area contributed by atoms with Crippen LogP contribution < -0.4 is 10.6 Å².